The van der Waals surface area contributed by atoms with Crippen molar-refractivity contribution in [1.29, 1.82) is 5.26 Å². The summed E-state index contributed by atoms with van der Waals surface area (Å²) in [5.41, 5.74) is -0.445. The van der Waals surface area contributed by atoms with Gasteiger partial charge in [-0.1, -0.05) is 0 Å². The molecule has 0 aromatic carbocycles. The number of carbonyl (C=O) groups excluding carboxylic acids is 2. The van der Waals surface area contributed by atoms with E-state index in [4.69, 9.17) is 10.00 Å². The first kappa shape index (κ1) is 20.4. The highest BCUT2D eigenvalue weighted by Gasteiger charge is 2.33. The number of nitrogens with one attached hydrogen (secondary N) is 1. The van der Waals surface area contributed by atoms with E-state index in [9.17, 15) is 14.0 Å². The molecule has 0 saturated carbocycles. The number of aromatic nitrogens is 1. The molecule has 1 unspecified atom stereocenters. The third-order valence-electron chi connectivity index (χ3n) is 4.06. The van der Waals surface area contributed by atoms with Gasteiger partial charge in [0.25, 0.3) is 5.91 Å². The Kier molecular flexibility index (Phi) is 6.20. The van der Waals surface area contributed by atoms with Crippen molar-refractivity contribution in [2.24, 2.45) is 0 Å². The molecule has 1 atom stereocenters. The van der Waals surface area contributed by atoms with Crippen LogP contribution in [0.15, 0.2) is 12.1 Å². The highest BCUT2D eigenvalue weighted by Crippen LogP contribution is 2.25. The van der Waals surface area contributed by atoms with Crippen LogP contribution in [0, 0.1) is 17.3 Å². The highest BCUT2D eigenvalue weighted by molar-refractivity contribution is 5.92. The topological polar surface area (TPSA) is 98.6 Å². The van der Waals surface area contributed by atoms with Gasteiger partial charge in [0.2, 0.25) is 5.95 Å². The maximum Gasteiger partial charge on any atom is 0.410 e. The van der Waals surface area contributed by atoms with Gasteiger partial charge in [-0.25, -0.2) is 9.78 Å². The van der Waals surface area contributed by atoms with Crippen molar-refractivity contribution >= 4 is 17.7 Å². The molecule has 1 fully saturated rings. The van der Waals surface area contributed by atoms with Crippen LogP contribution >= 0.6 is 0 Å². The van der Waals surface area contributed by atoms with Crippen molar-refractivity contribution in [1.82, 2.24) is 15.2 Å². The molecule has 0 bridgehead atoms. The summed E-state index contributed by atoms with van der Waals surface area (Å²) in [6.45, 7) is 6.23. The Bertz CT molecular complexity index is 756. The van der Waals surface area contributed by atoms with Crippen LogP contribution in [0.3, 0.4) is 0 Å². The molecule has 0 radical (unpaired) electrons. The summed E-state index contributed by atoms with van der Waals surface area (Å²) in [6, 6.07) is 4.58. The third-order valence-corrected chi connectivity index (χ3v) is 4.06. The van der Waals surface area contributed by atoms with E-state index in [-0.39, 0.29) is 24.3 Å². The fourth-order valence-electron chi connectivity index (χ4n) is 2.84. The molecule has 1 aliphatic rings. The second kappa shape index (κ2) is 8.20. The SMILES string of the molecule is CNC(=O)c1ccc(N2CCN(C(=O)OC(C)(C)C)CC2CC#N)c(F)n1. The van der Waals surface area contributed by atoms with E-state index in [0.717, 1.165) is 0 Å². The predicted molar refractivity (Wildman–Crippen MR) is 96.8 cm³/mol. The van der Waals surface area contributed by atoms with Crippen LogP contribution in [-0.2, 0) is 4.74 Å². The van der Waals surface area contributed by atoms with E-state index in [2.05, 4.69) is 16.4 Å². The minimum Gasteiger partial charge on any atom is -0.444 e. The monoisotopic (exact) mass is 377 g/mol. The van der Waals surface area contributed by atoms with Gasteiger partial charge in [0.1, 0.15) is 11.3 Å². The van der Waals surface area contributed by atoms with Crippen molar-refractivity contribution in [2.75, 3.05) is 31.6 Å². The van der Waals surface area contributed by atoms with Gasteiger partial charge in [-0.2, -0.15) is 9.65 Å². The molecule has 1 aromatic rings. The zero-order valence-corrected chi connectivity index (χ0v) is 16.0. The second-order valence-electron chi connectivity index (χ2n) is 7.22. The lowest BCUT2D eigenvalue weighted by Gasteiger charge is -2.42. The van der Waals surface area contributed by atoms with Crippen molar-refractivity contribution in [2.45, 2.75) is 38.8 Å². The van der Waals surface area contributed by atoms with Gasteiger partial charge in [0.15, 0.2) is 0 Å². The summed E-state index contributed by atoms with van der Waals surface area (Å²) < 4.78 is 19.9. The largest absolute Gasteiger partial charge is 0.444 e. The summed E-state index contributed by atoms with van der Waals surface area (Å²) in [7, 11) is 1.44. The van der Waals surface area contributed by atoms with Gasteiger partial charge in [-0.05, 0) is 32.9 Å². The van der Waals surface area contributed by atoms with Crippen LogP contribution < -0.4 is 10.2 Å². The molecule has 2 heterocycles. The number of nitriles is 1. The van der Waals surface area contributed by atoms with Crippen LogP contribution in [0.2, 0.25) is 0 Å². The number of pyridine rings is 1. The van der Waals surface area contributed by atoms with Gasteiger partial charge >= 0.3 is 6.09 Å². The van der Waals surface area contributed by atoms with E-state index in [1.165, 1.54) is 24.1 Å². The minimum absolute atomic E-state index is 0.0250. The lowest BCUT2D eigenvalue weighted by molar-refractivity contribution is 0.0215. The maximum atomic E-state index is 14.5. The maximum absolute atomic E-state index is 14.5. The highest BCUT2D eigenvalue weighted by atomic mass is 19.1. The standard InChI is InChI=1S/C18H24FN5O3/c1-18(2,3)27-17(26)23-9-10-24(12(11-23)7-8-20)14-6-5-13(16(25)21-4)22-15(14)19/h5-6,12H,7,9-11H2,1-4H3,(H,21,25). The fourth-order valence-corrected chi connectivity index (χ4v) is 2.84. The van der Waals surface area contributed by atoms with E-state index in [0.29, 0.717) is 13.1 Å². The molecule has 0 aliphatic carbocycles. The molecule has 1 N–H and O–H groups in total. The molecule has 0 spiro atoms. The van der Waals surface area contributed by atoms with E-state index in [1.807, 2.05) is 0 Å². The lowest BCUT2D eigenvalue weighted by atomic mass is 10.1. The molecule has 8 nitrogen and oxygen atoms in total. The molecule has 1 aromatic heterocycles. The zero-order valence-electron chi connectivity index (χ0n) is 16.0. The van der Waals surface area contributed by atoms with Gasteiger partial charge < -0.3 is 19.9 Å². The first-order valence-corrected chi connectivity index (χ1v) is 8.66. The van der Waals surface area contributed by atoms with E-state index >= 15 is 0 Å². The average molecular weight is 377 g/mol. The minimum atomic E-state index is -0.787. The number of rotatable bonds is 3. The van der Waals surface area contributed by atoms with Gasteiger partial charge in [-0.3, -0.25) is 4.79 Å². The summed E-state index contributed by atoms with van der Waals surface area (Å²) in [5.74, 6) is -1.27. The average Bonchev–Trinajstić information content (AvgIpc) is 2.60. The fraction of sp³-hybridized carbons (Fsp3) is 0.556. The van der Waals surface area contributed by atoms with Crippen LogP contribution in [0.5, 0.6) is 0 Å². The molecule has 2 rings (SSSR count). The zero-order chi connectivity index (χ0) is 20.2. The Hall–Kier alpha value is -2.89. The van der Waals surface area contributed by atoms with Crippen LogP contribution in [-0.4, -0.2) is 60.2 Å². The smallest absolute Gasteiger partial charge is 0.410 e. The predicted octanol–water partition coefficient (Wildman–Crippen LogP) is 1.92. The van der Waals surface area contributed by atoms with E-state index in [1.54, 1.807) is 25.7 Å². The number of halogens is 1. The van der Waals surface area contributed by atoms with Crippen LogP contribution in [0.25, 0.3) is 0 Å². The van der Waals surface area contributed by atoms with Gasteiger partial charge in [-0.15, -0.1) is 0 Å². The van der Waals surface area contributed by atoms with Crippen LogP contribution in [0.1, 0.15) is 37.7 Å². The Morgan fingerprint density at radius 2 is 2.11 bits per heavy atom. The molecule has 2 amide bonds. The number of anilines is 1. The van der Waals surface area contributed by atoms with Gasteiger partial charge in [0, 0.05) is 26.7 Å². The number of ether oxygens (including phenoxy) is 1. The lowest BCUT2D eigenvalue weighted by Crippen LogP contribution is -2.55. The number of hydrogen-bond donors (Lipinski definition) is 1. The number of carbonyl (C=O) groups is 2. The summed E-state index contributed by atoms with van der Waals surface area (Å²) in [4.78, 5) is 30.8. The normalized spacial score (nSPS) is 17.3. The van der Waals surface area contributed by atoms with E-state index < -0.39 is 29.6 Å². The number of hydrogen-bond acceptors (Lipinski definition) is 6. The Morgan fingerprint density at radius 1 is 1.41 bits per heavy atom. The molecule has 1 saturated heterocycles. The summed E-state index contributed by atoms with van der Waals surface area (Å²) in [6.07, 6.45) is -0.353. The summed E-state index contributed by atoms with van der Waals surface area (Å²) in [5, 5.41) is 11.5. The van der Waals surface area contributed by atoms with Crippen molar-refractivity contribution in [3.63, 3.8) is 0 Å². The number of piperazine rings is 1. The van der Waals surface area contributed by atoms with Crippen molar-refractivity contribution in [3.8, 4) is 6.07 Å². The Labute approximate surface area is 157 Å². The van der Waals surface area contributed by atoms with Gasteiger partial charge in [0.05, 0.1) is 24.2 Å². The Morgan fingerprint density at radius 3 is 2.67 bits per heavy atom. The van der Waals surface area contributed by atoms with Crippen molar-refractivity contribution < 1.29 is 18.7 Å². The molecule has 1 aliphatic heterocycles. The number of amides is 2. The molecular formula is C18H24FN5O3. The second-order valence-corrected chi connectivity index (χ2v) is 7.22. The van der Waals surface area contributed by atoms with Crippen LogP contribution in [0.4, 0.5) is 14.9 Å². The quantitative estimate of drug-likeness (QED) is 0.808. The molecular weight excluding hydrogens is 353 g/mol. The molecule has 9 heteroatoms. The first-order chi connectivity index (χ1) is 12.7. The first-order valence-electron chi connectivity index (χ1n) is 8.66. The Balaban J connectivity index is 2.20. The molecule has 27 heavy (non-hydrogen) atoms. The summed E-state index contributed by atoms with van der Waals surface area (Å²) >= 11 is 0. The number of nitrogens with zero attached hydrogens (tertiary/aromatic N) is 4. The van der Waals surface area contributed by atoms with Crippen molar-refractivity contribution in [3.05, 3.63) is 23.8 Å². The molecule has 146 valence electrons. The third kappa shape index (κ3) is 5.06.